The van der Waals surface area contributed by atoms with Crippen molar-refractivity contribution in [1.82, 2.24) is 15.2 Å². The van der Waals surface area contributed by atoms with Crippen molar-refractivity contribution in [2.45, 2.75) is 51.2 Å². The molecule has 6 nitrogen and oxygen atoms in total. The molecule has 1 fully saturated rings. The molecule has 1 aliphatic heterocycles. The summed E-state index contributed by atoms with van der Waals surface area (Å²) in [5.74, 6) is 1.36. The monoisotopic (exact) mass is 497 g/mol. The maximum Gasteiger partial charge on any atom is 0.253 e. The smallest absolute Gasteiger partial charge is 0.253 e. The fraction of sp³-hybridized carbons (Fsp3) is 0.385. The molecule has 34 heavy (non-hydrogen) atoms. The van der Waals surface area contributed by atoms with Gasteiger partial charge in [0.25, 0.3) is 5.56 Å². The molecule has 178 valence electrons. The van der Waals surface area contributed by atoms with Crippen LogP contribution in [-0.2, 0) is 13.1 Å². The highest BCUT2D eigenvalue weighted by atomic mass is 35.5. The van der Waals surface area contributed by atoms with Gasteiger partial charge in [-0.05, 0) is 54.9 Å². The topological polar surface area (TPSA) is 66.6 Å². The van der Waals surface area contributed by atoms with Crippen LogP contribution in [0.5, 0.6) is 11.5 Å². The first-order valence-corrected chi connectivity index (χ1v) is 12.6. The SMILES string of the molecule is O=c1[nH]c2cc3c(cc2cc1CN(Cc1ccc(Cl)cc1)C(=S)NC1CCCCC1)OCCO3. The van der Waals surface area contributed by atoms with Crippen molar-refractivity contribution in [1.29, 1.82) is 0 Å². The summed E-state index contributed by atoms with van der Waals surface area (Å²) in [6.45, 7) is 1.99. The van der Waals surface area contributed by atoms with Crippen molar-refractivity contribution < 1.29 is 9.47 Å². The minimum Gasteiger partial charge on any atom is -0.486 e. The number of halogens is 1. The second kappa shape index (κ2) is 10.2. The summed E-state index contributed by atoms with van der Waals surface area (Å²) in [4.78, 5) is 18.1. The van der Waals surface area contributed by atoms with Gasteiger partial charge in [0.1, 0.15) is 13.2 Å². The molecule has 1 aromatic heterocycles. The van der Waals surface area contributed by atoms with Gasteiger partial charge in [-0.3, -0.25) is 4.79 Å². The minimum atomic E-state index is -0.134. The standard InChI is InChI=1S/C26H28ClN3O3S/c27-20-8-6-17(7-9-20)15-30(26(34)28-21-4-2-1-3-5-21)16-19-12-18-13-23-24(33-11-10-32-23)14-22(18)29-25(19)31/h6-9,12-14,21H,1-5,10-11,15-16H2,(H,28,34)(H,29,31). The van der Waals surface area contributed by atoms with Crippen LogP contribution in [0.3, 0.4) is 0 Å². The summed E-state index contributed by atoms with van der Waals surface area (Å²) >= 11 is 11.9. The average molecular weight is 498 g/mol. The number of ether oxygens (including phenoxy) is 2. The van der Waals surface area contributed by atoms with E-state index in [0.717, 1.165) is 29.3 Å². The second-order valence-electron chi connectivity index (χ2n) is 8.97. The van der Waals surface area contributed by atoms with Gasteiger partial charge in [-0.25, -0.2) is 0 Å². The van der Waals surface area contributed by atoms with Gasteiger partial charge in [0.2, 0.25) is 0 Å². The van der Waals surface area contributed by atoms with Crippen LogP contribution < -0.4 is 20.3 Å². The Hall–Kier alpha value is -2.77. The average Bonchev–Trinajstić information content (AvgIpc) is 2.85. The predicted molar refractivity (Wildman–Crippen MR) is 139 cm³/mol. The lowest BCUT2D eigenvalue weighted by molar-refractivity contribution is 0.172. The van der Waals surface area contributed by atoms with Gasteiger partial charge in [-0.2, -0.15) is 0 Å². The zero-order valence-corrected chi connectivity index (χ0v) is 20.5. The minimum absolute atomic E-state index is 0.134. The maximum atomic E-state index is 13.0. The molecule has 0 bridgehead atoms. The summed E-state index contributed by atoms with van der Waals surface area (Å²) < 4.78 is 11.4. The van der Waals surface area contributed by atoms with E-state index in [-0.39, 0.29) is 5.56 Å². The molecule has 1 saturated carbocycles. The number of benzene rings is 2. The number of rotatable bonds is 5. The third-order valence-electron chi connectivity index (χ3n) is 6.45. The van der Waals surface area contributed by atoms with Crippen molar-refractivity contribution in [2.24, 2.45) is 0 Å². The number of pyridine rings is 1. The molecule has 1 aliphatic carbocycles. The van der Waals surface area contributed by atoms with E-state index in [2.05, 4.69) is 15.2 Å². The molecule has 2 aliphatic rings. The van der Waals surface area contributed by atoms with Gasteiger partial charge in [0.15, 0.2) is 16.6 Å². The van der Waals surface area contributed by atoms with Gasteiger partial charge < -0.3 is 24.7 Å². The molecule has 0 amide bonds. The molecule has 0 radical (unpaired) electrons. The number of fused-ring (bicyclic) bond motifs is 2. The van der Waals surface area contributed by atoms with E-state index in [1.807, 2.05) is 42.5 Å². The molecule has 2 heterocycles. The van der Waals surface area contributed by atoms with E-state index < -0.39 is 0 Å². The van der Waals surface area contributed by atoms with Gasteiger partial charge in [-0.1, -0.05) is 43.0 Å². The van der Waals surface area contributed by atoms with Crippen molar-refractivity contribution in [3.8, 4) is 11.5 Å². The molecule has 0 unspecified atom stereocenters. The van der Waals surface area contributed by atoms with E-state index in [4.69, 9.17) is 33.3 Å². The molecule has 0 spiro atoms. The Morgan fingerprint density at radius 1 is 1.03 bits per heavy atom. The van der Waals surface area contributed by atoms with Crippen LogP contribution in [0.15, 0.2) is 47.3 Å². The lowest BCUT2D eigenvalue weighted by Crippen LogP contribution is -2.45. The lowest BCUT2D eigenvalue weighted by Gasteiger charge is -2.31. The van der Waals surface area contributed by atoms with E-state index in [1.54, 1.807) is 0 Å². The van der Waals surface area contributed by atoms with Crippen molar-refractivity contribution >= 4 is 39.8 Å². The molecule has 0 atom stereocenters. The normalized spacial score (nSPS) is 15.8. The molecule has 3 aromatic rings. The van der Waals surface area contributed by atoms with Crippen molar-refractivity contribution in [3.05, 3.63) is 69.0 Å². The highest BCUT2D eigenvalue weighted by Gasteiger charge is 2.20. The Bertz CT molecular complexity index is 1240. The van der Waals surface area contributed by atoms with Crippen molar-refractivity contribution in [2.75, 3.05) is 13.2 Å². The number of nitrogens with zero attached hydrogens (tertiary/aromatic N) is 1. The highest BCUT2D eigenvalue weighted by Crippen LogP contribution is 2.33. The first kappa shape index (κ1) is 23.0. The quantitative estimate of drug-likeness (QED) is 0.474. The van der Waals surface area contributed by atoms with Crippen LogP contribution >= 0.6 is 23.8 Å². The van der Waals surface area contributed by atoms with Crippen LogP contribution in [0.4, 0.5) is 0 Å². The fourth-order valence-corrected chi connectivity index (χ4v) is 5.06. The zero-order valence-electron chi connectivity index (χ0n) is 18.9. The number of nitrogens with one attached hydrogen (secondary N) is 2. The van der Waals surface area contributed by atoms with Crippen molar-refractivity contribution in [3.63, 3.8) is 0 Å². The highest BCUT2D eigenvalue weighted by molar-refractivity contribution is 7.80. The van der Waals surface area contributed by atoms with Gasteiger partial charge >= 0.3 is 0 Å². The summed E-state index contributed by atoms with van der Waals surface area (Å²) in [5, 5.41) is 5.81. The Labute approximate surface area is 209 Å². The summed E-state index contributed by atoms with van der Waals surface area (Å²) in [7, 11) is 0. The van der Waals surface area contributed by atoms with E-state index in [0.29, 0.717) is 59.5 Å². The van der Waals surface area contributed by atoms with Crippen LogP contribution in [0.2, 0.25) is 5.02 Å². The Morgan fingerprint density at radius 3 is 2.47 bits per heavy atom. The number of thiocarbonyl (C=S) groups is 1. The number of H-pyrrole nitrogens is 1. The van der Waals surface area contributed by atoms with Crippen LogP contribution in [0.1, 0.15) is 43.2 Å². The number of aromatic nitrogens is 1. The third kappa shape index (κ3) is 5.31. The number of hydrogen-bond acceptors (Lipinski definition) is 4. The Kier molecular flexibility index (Phi) is 6.92. The second-order valence-corrected chi connectivity index (χ2v) is 9.80. The van der Waals surface area contributed by atoms with Gasteiger partial charge in [0, 0.05) is 34.6 Å². The summed E-state index contributed by atoms with van der Waals surface area (Å²) in [6, 6.07) is 13.8. The number of hydrogen-bond donors (Lipinski definition) is 2. The molecular weight excluding hydrogens is 470 g/mol. The third-order valence-corrected chi connectivity index (χ3v) is 7.08. The molecule has 5 rings (SSSR count). The van der Waals surface area contributed by atoms with E-state index >= 15 is 0 Å². The van der Waals surface area contributed by atoms with Crippen LogP contribution in [0.25, 0.3) is 10.9 Å². The Morgan fingerprint density at radius 2 is 1.74 bits per heavy atom. The van der Waals surface area contributed by atoms with Crippen LogP contribution in [0, 0.1) is 0 Å². The van der Waals surface area contributed by atoms with Crippen LogP contribution in [-0.4, -0.2) is 34.3 Å². The summed E-state index contributed by atoms with van der Waals surface area (Å²) in [6.07, 6.45) is 5.97. The Balaban J connectivity index is 1.42. The fourth-order valence-electron chi connectivity index (χ4n) is 4.63. The molecule has 2 aromatic carbocycles. The first-order valence-electron chi connectivity index (χ1n) is 11.8. The lowest BCUT2D eigenvalue weighted by atomic mass is 9.96. The van der Waals surface area contributed by atoms with Gasteiger partial charge in [-0.15, -0.1) is 0 Å². The molecule has 2 N–H and O–H groups in total. The zero-order chi connectivity index (χ0) is 23.5. The summed E-state index contributed by atoms with van der Waals surface area (Å²) in [5.41, 5.74) is 2.32. The first-order chi connectivity index (χ1) is 16.5. The molecule has 8 heteroatoms. The van der Waals surface area contributed by atoms with E-state index in [9.17, 15) is 4.79 Å². The maximum absolute atomic E-state index is 13.0. The van der Waals surface area contributed by atoms with Gasteiger partial charge in [0.05, 0.1) is 12.1 Å². The van der Waals surface area contributed by atoms with E-state index in [1.165, 1.54) is 19.3 Å². The largest absolute Gasteiger partial charge is 0.486 e. The molecule has 0 saturated heterocycles. The molecular formula is C26H28ClN3O3S. The predicted octanol–water partition coefficient (Wildman–Crippen LogP) is 5.16. The number of aromatic amines is 1.